The molecule has 0 bridgehead atoms. The maximum absolute atomic E-state index is 12.1. The summed E-state index contributed by atoms with van der Waals surface area (Å²) in [5.41, 5.74) is 2.95. The van der Waals surface area contributed by atoms with Gasteiger partial charge < -0.3 is 9.47 Å². The molecule has 0 atom stereocenters. The Kier molecular flexibility index (Phi) is 6.15. The van der Waals surface area contributed by atoms with Crippen molar-refractivity contribution < 1.29 is 19.2 Å². The zero-order valence-corrected chi connectivity index (χ0v) is 15.4. The Morgan fingerprint density at radius 1 is 1.28 bits per heavy atom. The molecule has 0 aliphatic rings. The predicted octanol–water partition coefficient (Wildman–Crippen LogP) is 2.60. The van der Waals surface area contributed by atoms with Crippen molar-refractivity contribution in [3.8, 4) is 11.5 Å². The van der Waals surface area contributed by atoms with Crippen LogP contribution in [0.5, 0.6) is 11.5 Å². The highest BCUT2D eigenvalue weighted by Crippen LogP contribution is 2.27. The summed E-state index contributed by atoms with van der Waals surface area (Å²) in [6.45, 7) is 0.202. The zero-order valence-electron chi connectivity index (χ0n) is 15.4. The van der Waals surface area contributed by atoms with Crippen LogP contribution in [0.4, 0.5) is 5.69 Å². The third-order valence-electron chi connectivity index (χ3n) is 3.80. The van der Waals surface area contributed by atoms with E-state index in [2.05, 4.69) is 15.6 Å². The number of hydrogen-bond donors (Lipinski definition) is 1. The fourth-order valence-corrected chi connectivity index (χ4v) is 2.39. The Morgan fingerprint density at radius 2 is 2.14 bits per heavy atom. The van der Waals surface area contributed by atoms with Crippen LogP contribution in [0.3, 0.4) is 0 Å². The van der Waals surface area contributed by atoms with Crippen molar-refractivity contribution in [2.45, 2.75) is 6.73 Å². The van der Waals surface area contributed by atoms with Gasteiger partial charge >= 0.3 is 0 Å². The maximum Gasteiger partial charge on any atom is 0.271 e. The number of ether oxygens (including phenoxy) is 2. The quantitative estimate of drug-likeness (QED) is 0.355. The van der Waals surface area contributed by atoms with Gasteiger partial charge in [0.1, 0.15) is 0 Å². The summed E-state index contributed by atoms with van der Waals surface area (Å²) in [4.78, 5) is 22.3. The Balaban J connectivity index is 1.66. The van der Waals surface area contributed by atoms with E-state index in [1.807, 2.05) is 0 Å². The van der Waals surface area contributed by atoms with Crippen LogP contribution in [-0.2, 0) is 6.73 Å². The van der Waals surface area contributed by atoms with Gasteiger partial charge in [0.2, 0.25) is 0 Å². The molecule has 1 N–H and O–H groups in total. The first-order chi connectivity index (χ1) is 14.1. The lowest BCUT2D eigenvalue weighted by Gasteiger charge is -2.11. The van der Waals surface area contributed by atoms with Crippen LogP contribution in [0.1, 0.15) is 15.9 Å². The first-order valence-corrected chi connectivity index (χ1v) is 8.43. The minimum absolute atomic E-state index is 0.134. The molecule has 0 aliphatic heterocycles. The number of nitro groups is 1. The van der Waals surface area contributed by atoms with E-state index < -0.39 is 10.8 Å². The molecular weight excluding hydrogens is 378 g/mol. The number of nitro benzene ring substituents is 1. The molecule has 1 aromatic heterocycles. The molecule has 0 unspecified atom stereocenters. The number of amides is 1. The molecule has 1 heterocycles. The van der Waals surface area contributed by atoms with Crippen LogP contribution >= 0.6 is 0 Å². The number of carbonyl (C=O) groups is 1. The minimum Gasteiger partial charge on any atom is -0.493 e. The SMILES string of the molecule is COc1ccc(/C=N/NC(=O)c2cccc([N+](=O)[O-])c2)cc1OCn1cccn1. The average molecular weight is 395 g/mol. The maximum atomic E-state index is 12.1. The van der Waals surface area contributed by atoms with E-state index >= 15 is 0 Å². The molecule has 10 nitrogen and oxygen atoms in total. The first-order valence-electron chi connectivity index (χ1n) is 8.43. The van der Waals surface area contributed by atoms with E-state index in [0.717, 1.165) is 0 Å². The average Bonchev–Trinajstić information content (AvgIpc) is 3.26. The fraction of sp³-hybridized carbons (Fsp3) is 0.105. The summed E-state index contributed by atoms with van der Waals surface area (Å²) < 4.78 is 12.6. The van der Waals surface area contributed by atoms with E-state index in [9.17, 15) is 14.9 Å². The van der Waals surface area contributed by atoms with Crippen molar-refractivity contribution in [1.29, 1.82) is 0 Å². The van der Waals surface area contributed by atoms with Gasteiger partial charge in [0.25, 0.3) is 11.6 Å². The van der Waals surface area contributed by atoms with Crippen molar-refractivity contribution >= 4 is 17.8 Å². The van der Waals surface area contributed by atoms with Gasteiger partial charge in [-0.05, 0) is 35.9 Å². The van der Waals surface area contributed by atoms with Gasteiger partial charge in [-0.1, -0.05) is 6.07 Å². The van der Waals surface area contributed by atoms with Crippen LogP contribution in [-0.4, -0.2) is 33.9 Å². The van der Waals surface area contributed by atoms with Crippen molar-refractivity contribution in [2.75, 3.05) is 7.11 Å². The van der Waals surface area contributed by atoms with E-state index in [-0.39, 0.29) is 18.0 Å². The lowest BCUT2D eigenvalue weighted by atomic mass is 10.2. The molecule has 0 saturated carbocycles. The summed E-state index contributed by atoms with van der Waals surface area (Å²) in [6.07, 6.45) is 4.84. The number of hydrazone groups is 1. The van der Waals surface area contributed by atoms with E-state index in [4.69, 9.17) is 9.47 Å². The van der Waals surface area contributed by atoms with E-state index in [0.29, 0.717) is 17.1 Å². The summed E-state index contributed by atoms with van der Waals surface area (Å²) >= 11 is 0. The second-order valence-electron chi connectivity index (χ2n) is 5.74. The summed E-state index contributed by atoms with van der Waals surface area (Å²) in [5, 5.41) is 18.8. The van der Waals surface area contributed by atoms with Gasteiger partial charge in [-0.3, -0.25) is 14.9 Å². The summed E-state index contributed by atoms with van der Waals surface area (Å²) in [7, 11) is 1.53. The summed E-state index contributed by atoms with van der Waals surface area (Å²) in [6, 6.07) is 12.3. The van der Waals surface area contributed by atoms with Crippen LogP contribution in [0.15, 0.2) is 66.0 Å². The smallest absolute Gasteiger partial charge is 0.271 e. The molecule has 2 aromatic carbocycles. The molecule has 10 heteroatoms. The first kappa shape index (κ1) is 19.5. The molecule has 0 spiro atoms. The number of benzene rings is 2. The van der Waals surface area contributed by atoms with Gasteiger partial charge in [-0.15, -0.1) is 0 Å². The zero-order chi connectivity index (χ0) is 20.6. The molecule has 0 saturated heterocycles. The third kappa shape index (κ3) is 5.16. The molecule has 3 rings (SSSR count). The predicted molar refractivity (Wildman–Crippen MR) is 104 cm³/mol. The highest BCUT2D eigenvalue weighted by Gasteiger charge is 2.11. The largest absolute Gasteiger partial charge is 0.493 e. The fourth-order valence-electron chi connectivity index (χ4n) is 2.39. The Hall–Kier alpha value is -4.21. The number of carbonyl (C=O) groups excluding carboxylic acids is 1. The van der Waals surface area contributed by atoms with Crippen LogP contribution in [0, 0.1) is 10.1 Å². The monoisotopic (exact) mass is 395 g/mol. The molecule has 148 valence electrons. The Bertz CT molecular complexity index is 1030. The molecular formula is C19H17N5O5. The van der Waals surface area contributed by atoms with Gasteiger partial charge in [-0.25, -0.2) is 10.1 Å². The highest BCUT2D eigenvalue weighted by atomic mass is 16.6. The molecule has 0 aliphatic carbocycles. The number of nitrogens with one attached hydrogen (secondary N) is 1. The van der Waals surface area contributed by atoms with Crippen molar-refractivity contribution in [3.05, 3.63) is 82.2 Å². The normalized spacial score (nSPS) is 10.7. The van der Waals surface area contributed by atoms with Gasteiger partial charge in [0.15, 0.2) is 18.2 Å². The van der Waals surface area contributed by atoms with Crippen molar-refractivity contribution in [3.63, 3.8) is 0 Å². The molecule has 3 aromatic rings. The van der Waals surface area contributed by atoms with E-state index in [1.54, 1.807) is 41.3 Å². The van der Waals surface area contributed by atoms with Crippen LogP contribution in [0.2, 0.25) is 0 Å². The molecule has 0 radical (unpaired) electrons. The van der Waals surface area contributed by atoms with Crippen LogP contribution in [0.25, 0.3) is 0 Å². The molecule has 1 amide bonds. The molecule has 29 heavy (non-hydrogen) atoms. The number of methoxy groups -OCH3 is 1. The van der Waals surface area contributed by atoms with Gasteiger partial charge in [0, 0.05) is 30.1 Å². The lowest BCUT2D eigenvalue weighted by Crippen LogP contribution is -2.17. The second kappa shape index (κ2) is 9.13. The third-order valence-corrected chi connectivity index (χ3v) is 3.80. The second-order valence-corrected chi connectivity index (χ2v) is 5.74. The van der Waals surface area contributed by atoms with Gasteiger partial charge in [0.05, 0.1) is 18.2 Å². The number of aromatic nitrogens is 2. The minimum atomic E-state index is -0.567. The number of hydrogen-bond acceptors (Lipinski definition) is 7. The summed E-state index contributed by atoms with van der Waals surface area (Å²) in [5.74, 6) is 0.459. The molecule has 0 fully saturated rings. The number of nitrogens with zero attached hydrogens (tertiary/aromatic N) is 4. The van der Waals surface area contributed by atoms with Crippen molar-refractivity contribution in [1.82, 2.24) is 15.2 Å². The van der Waals surface area contributed by atoms with E-state index in [1.165, 1.54) is 37.6 Å². The number of rotatable bonds is 8. The van der Waals surface area contributed by atoms with Gasteiger partial charge in [-0.2, -0.15) is 10.2 Å². The Labute approximate surface area is 165 Å². The van der Waals surface area contributed by atoms with Crippen molar-refractivity contribution in [2.24, 2.45) is 5.10 Å². The van der Waals surface area contributed by atoms with Crippen LogP contribution < -0.4 is 14.9 Å². The highest BCUT2D eigenvalue weighted by molar-refractivity contribution is 5.95. The Morgan fingerprint density at radius 3 is 2.86 bits per heavy atom. The topological polar surface area (TPSA) is 121 Å². The standard InChI is InChI=1S/C19H17N5O5/c1-28-17-7-6-14(10-18(17)29-13-23-9-3-8-21-23)12-20-22-19(25)15-4-2-5-16(11-15)24(26)27/h2-12H,13H2,1H3,(H,22,25)/b20-12+. The number of non-ortho nitro benzene ring substituents is 1. The lowest BCUT2D eigenvalue weighted by molar-refractivity contribution is -0.384.